The number of aliphatic hydroxyl groups is 1. The lowest BCUT2D eigenvalue weighted by atomic mass is 10.2. The third-order valence-corrected chi connectivity index (χ3v) is 1.94. The molecule has 0 aliphatic rings. The number of rotatable bonds is 2. The van der Waals surface area contributed by atoms with Crippen LogP contribution in [0.3, 0.4) is 0 Å². The van der Waals surface area contributed by atoms with Crippen LogP contribution in [-0.2, 0) is 0 Å². The van der Waals surface area contributed by atoms with E-state index < -0.39 is 6.10 Å². The Labute approximate surface area is 86.9 Å². The van der Waals surface area contributed by atoms with E-state index in [1.807, 2.05) is 6.92 Å². The van der Waals surface area contributed by atoms with Gasteiger partial charge in [0.15, 0.2) is 5.82 Å². The van der Waals surface area contributed by atoms with Gasteiger partial charge in [-0.25, -0.2) is 19.9 Å². The number of aryl methyl sites for hydroxylation is 1. The zero-order valence-electron chi connectivity index (χ0n) is 8.20. The number of aliphatic hydroxyl groups excluding tert-OH is 1. The largest absolute Gasteiger partial charge is 0.380 e. The van der Waals surface area contributed by atoms with Gasteiger partial charge in [0.1, 0.15) is 12.4 Å². The molecule has 0 saturated carbocycles. The van der Waals surface area contributed by atoms with Crippen LogP contribution in [-0.4, -0.2) is 25.0 Å². The van der Waals surface area contributed by atoms with Gasteiger partial charge in [-0.2, -0.15) is 0 Å². The monoisotopic (exact) mass is 202 g/mol. The fraction of sp³-hybridized carbons (Fsp3) is 0.200. The second-order valence-electron chi connectivity index (χ2n) is 3.19. The first-order valence-electron chi connectivity index (χ1n) is 4.49. The van der Waals surface area contributed by atoms with E-state index in [0.717, 1.165) is 5.56 Å². The van der Waals surface area contributed by atoms with Crippen LogP contribution in [0.4, 0.5) is 0 Å². The lowest BCUT2D eigenvalue weighted by Crippen LogP contribution is -2.05. The van der Waals surface area contributed by atoms with Gasteiger partial charge in [-0.3, -0.25) is 0 Å². The van der Waals surface area contributed by atoms with E-state index in [1.54, 1.807) is 24.8 Å². The van der Waals surface area contributed by atoms with Crippen molar-refractivity contribution in [1.82, 2.24) is 19.9 Å². The fourth-order valence-corrected chi connectivity index (χ4v) is 1.14. The molecule has 76 valence electrons. The molecule has 15 heavy (non-hydrogen) atoms. The normalized spacial score (nSPS) is 12.4. The zero-order chi connectivity index (χ0) is 10.7. The molecule has 5 nitrogen and oxygen atoms in total. The average molecular weight is 202 g/mol. The van der Waals surface area contributed by atoms with Crippen LogP contribution in [0.15, 0.2) is 31.1 Å². The molecule has 0 spiro atoms. The summed E-state index contributed by atoms with van der Waals surface area (Å²) in [6.45, 7) is 1.89. The molecule has 2 rings (SSSR count). The quantitative estimate of drug-likeness (QED) is 0.774. The Hall–Kier alpha value is -1.88. The third kappa shape index (κ3) is 2.13. The third-order valence-electron chi connectivity index (χ3n) is 1.94. The number of nitrogens with zero attached hydrogens (tertiary/aromatic N) is 4. The highest BCUT2D eigenvalue weighted by atomic mass is 16.3. The first-order chi connectivity index (χ1) is 7.27. The first kappa shape index (κ1) is 9.67. The predicted molar refractivity (Wildman–Crippen MR) is 52.9 cm³/mol. The predicted octanol–water partition coefficient (Wildman–Crippen LogP) is 0.657. The lowest BCUT2D eigenvalue weighted by molar-refractivity contribution is 0.209. The van der Waals surface area contributed by atoms with Crippen LogP contribution in [0.25, 0.3) is 0 Å². The van der Waals surface area contributed by atoms with E-state index in [9.17, 15) is 5.11 Å². The Morgan fingerprint density at radius 1 is 1.07 bits per heavy atom. The maximum absolute atomic E-state index is 9.88. The smallest absolute Gasteiger partial charge is 0.161 e. The average Bonchev–Trinajstić information content (AvgIpc) is 2.30. The van der Waals surface area contributed by atoms with Gasteiger partial charge in [-0.05, 0) is 12.5 Å². The number of hydrogen-bond donors (Lipinski definition) is 1. The first-order valence-corrected chi connectivity index (χ1v) is 4.49. The topological polar surface area (TPSA) is 71.8 Å². The summed E-state index contributed by atoms with van der Waals surface area (Å²) in [5.41, 5.74) is 1.54. The summed E-state index contributed by atoms with van der Waals surface area (Å²) >= 11 is 0. The van der Waals surface area contributed by atoms with Crippen molar-refractivity contribution in [2.45, 2.75) is 13.0 Å². The molecule has 0 amide bonds. The Bertz CT molecular complexity index is 429. The van der Waals surface area contributed by atoms with Crippen molar-refractivity contribution in [3.8, 4) is 0 Å². The molecule has 0 aromatic carbocycles. The SMILES string of the molecule is Cc1cnc(C(O)c2cncnc2)nc1. The van der Waals surface area contributed by atoms with Crippen molar-refractivity contribution in [3.63, 3.8) is 0 Å². The molecule has 2 heterocycles. The molecule has 2 aromatic rings. The summed E-state index contributed by atoms with van der Waals surface area (Å²) < 4.78 is 0. The Morgan fingerprint density at radius 2 is 1.67 bits per heavy atom. The molecule has 5 heteroatoms. The molecule has 1 atom stereocenters. The van der Waals surface area contributed by atoms with Crippen molar-refractivity contribution in [2.75, 3.05) is 0 Å². The molecule has 0 aliphatic heterocycles. The molecule has 0 bridgehead atoms. The van der Waals surface area contributed by atoms with Gasteiger partial charge in [0.05, 0.1) is 0 Å². The minimum absolute atomic E-state index is 0.357. The lowest BCUT2D eigenvalue weighted by Gasteiger charge is -2.07. The maximum atomic E-state index is 9.88. The van der Waals surface area contributed by atoms with E-state index in [0.29, 0.717) is 11.4 Å². The highest BCUT2D eigenvalue weighted by Crippen LogP contribution is 2.15. The van der Waals surface area contributed by atoms with E-state index in [4.69, 9.17) is 0 Å². The fourth-order valence-electron chi connectivity index (χ4n) is 1.14. The van der Waals surface area contributed by atoms with E-state index in [2.05, 4.69) is 19.9 Å². The summed E-state index contributed by atoms with van der Waals surface area (Å²) in [5.74, 6) is 0.357. The van der Waals surface area contributed by atoms with Crippen molar-refractivity contribution in [1.29, 1.82) is 0 Å². The molecule has 0 radical (unpaired) electrons. The zero-order valence-corrected chi connectivity index (χ0v) is 8.20. The van der Waals surface area contributed by atoms with Gasteiger partial charge >= 0.3 is 0 Å². The van der Waals surface area contributed by atoms with Crippen molar-refractivity contribution >= 4 is 0 Å². The van der Waals surface area contributed by atoms with Gasteiger partial charge in [-0.15, -0.1) is 0 Å². The van der Waals surface area contributed by atoms with E-state index in [1.165, 1.54) is 6.33 Å². The molecule has 0 saturated heterocycles. The Morgan fingerprint density at radius 3 is 2.27 bits per heavy atom. The van der Waals surface area contributed by atoms with Crippen LogP contribution < -0.4 is 0 Å². The van der Waals surface area contributed by atoms with E-state index in [-0.39, 0.29) is 0 Å². The van der Waals surface area contributed by atoms with Crippen molar-refractivity contribution in [2.24, 2.45) is 0 Å². The minimum Gasteiger partial charge on any atom is -0.380 e. The van der Waals surface area contributed by atoms with Gasteiger partial charge in [0.25, 0.3) is 0 Å². The van der Waals surface area contributed by atoms with E-state index >= 15 is 0 Å². The second kappa shape index (κ2) is 4.10. The summed E-state index contributed by atoms with van der Waals surface area (Å²) in [6.07, 6.45) is 6.95. The molecule has 0 aliphatic carbocycles. The summed E-state index contributed by atoms with van der Waals surface area (Å²) in [4.78, 5) is 15.7. The highest BCUT2D eigenvalue weighted by molar-refractivity contribution is 5.16. The van der Waals surface area contributed by atoms with Crippen LogP contribution in [0.2, 0.25) is 0 Å². The number of hydrogen-bond acceptors (Lipinski definition) is 5. The van der Waals surface area contributed by atoms with Crippen LogP contribution in [0.1, 0.15) is 23.1 Å². The van der Waals surface area contributed by atoms with Crippen molar-refractivity contribution in [3.05, 3.63) is 48.1 Å². The molecule has 1 N–H and O–H groups in total. The standard InChI is InChI=1S/C10H10N4O/c1-7-2-13-10(14-3-7)9(15)8-4-11-6-12-5-8/h2-6,9,15H,1H3. The summed E-state index contributed by atoms with van der Waals surface area (Å²) in [7, 11) is 0. The molecule has 2 aromatic heterocycles. The Balaban J connectivity index is 2.29. The molecular formula is C10H10N4O. The molecular weight excluding hydrogens is 192 g/mol. The summed E-state index contributed by atoms with van der Waals surface area (Å²) in [5, 5.41) is 9.88. The van der Waals surface area contributed by atoms with Crippen LogP contribution >= 0.6 is 0 Å². The molecule has 0 fully saturated rings. The van der Waals surface area contributed by atoms with Gasteiger partial charge in [0, 0.05) is 30.4 Å². The molecule has 1 unspecified atom stereocenters. The van der Waals surface area contributed by atoms with Gasteiger partial charge in [-0.1, -0.05) is 0 Å². The number of aromatic nitrogens is 4. The highest BCUT2D eigenvalue weighted by Gasteiger charge is 2.13. The minimum atomic E-state index is -0.869. The Kier molecular flexibility index (Phi) is 2.64. The van der Waals surface area contributed by atoms with Crippen LogP contribution in [0.5, 0.6) is 0 Å². The van der Waals surface area contributed by atoms with Crippen LogP contribution in [0, 0.1) is 6.92 Å². The van der Waals surface area contributed by atoms with Crippen molar-refractivity contribution < 1.29 is 5.11 Å². The summed E-state index contributed by atoms with van der Waals surface area (Å²) in [6, 6.07) is 0. The van der Waals surface area contributed by atoms with Gasteiger partial charge in [0.2, 0.25) is 0 Å². The maximum Gasteiger partial charge on any atom is 0.161 e. The van der Waals surface area contributed by atoms with Gasteiger partial charge < -0.3 is 5.11 Å². The second-order valence-corrected chi connectivity index (χ2v) is 3.19.